The molecule has 24 heavy (non-hydrogen) atoms. The number of nitrogens with zero attached hydrogens (tertiary/aromatic N) is 1. The normalized spacial score (nSPS) is 10.7. The summed E-state index contributed by atoms with van der Waals surface area (Å²) in [5.74, 6) is -0.0496. The first-order valence-corrected chi connectivity index (χ1v) is 7.99. The van der Waals surface area contributed by atoms with Crippen molar-refractivity contribution in [1.82, 2.24) is 15.3 Å². The molecule has 3 aromatic rings. The molecule has 2 aromatic heterocycles. The third kappa shape index (κ3) is 4.07. The van der Waals surface area contributed by atoms with Gasteiger partial charge in [0.2, 0.25) is 5.91 Å². The van der Waals surface area contributed by atoms with Crippen molar-refractivity contribution in [3.05, 3.63) is 76.3 Å². The van der Waals surface area contributed by atoms with Gasteiger partial charge in [-0.3, -0.25) is 14.6 Å². The molecular weight excluding hydrogens is 302 g/mol. The lowest BCUT2D eigenvalue weighted by Gasteiger charge is -2.06. The number of pyridine rings is 2. The Bertz CT molecular complexity index is 888. The van der Waals surface area contributed by atoms with Crippen LogP contribution < -0.4 is 10.9 Å². The van der Waals surface area contributed by atoms with Crippen LogP contribution in [0, 0.1) is 0 Å². The van der Waals surface area contributed by atoms with Gasteiger partial charge in [-0.05, 0) is 42.0 Å². The number of aromatic amines is 1. The number of carbonyl (C=O) groups is 1. The lowest BCUT2D eigenvalue weighted by Crippen LogP contribution is -2.26. The number of rotatable bonds is 6. The van der Waals surface area contributed by atoms with Gasteiger partial charge in [0.25, 0.3) is 5.56 Å². The van der Waals surface area contributed by atoms with Crippen molar-refractivity contribution in [3.8, 4) is 0 Å². The molecule has 0 radical (unpaired) electrons. The topological polar surface area (TPSA) is 74.8 Å². The Balaban J connectivity index is 1.52. The zero-order valence-electron chi connectivity index (χ0n) is 13.3. The fourth-order valence-electron chi connectivity index (χ4n) is 2.61. The van der Waals surface area contributed by atoms with E-state index in [1.165, 1.54) is 0 Å². The molecule has 0 aliphatic rings. The van der Waals surface area contributed by atoms with Gasteiger partial charge in [0.05, 0.1) is 0 Å². The smallest absolute Gasteiger partial charge is 0.253 e. The van der Waals surface area contributed by atoms with Crippen LogP contribution in [0.15, 0.2) is 59.7 Å². The summed E-state index contributed by atoms with van der Waals surface area (Å²) >= 11 is 0. The maximum Gasteiger partial charge on any atom is 0.253 e. The molecule has 1 aromatic carbocycles. The molecule has 0 aliphatic carbocycles. The average Bonchev–Trinajstić information content (AvgIpc) is 2.61. The molecule has 2 heterocycles. The Hall–Kier alpha value is -2.95. The van der Waals surface area contributed by atoms with E-state index in [-0.39, 0.29) is 18.0 Å². The van der Waals surface area contributed by atoms with E-state index in [9.17, 15) is 9.59 Å². The van der Waals surface area contributed by atoms with Crippen LogP contribution in [0.1, 0.15) is 24.0 Å². The molecule has 0 unspecified atom stereocenters. The number of amides is 1. The van der Waals surface area contributed by atoms with Gasteiger partial charge >= 0.3 is 0 Å². The monoisotopic (exact) mass is 321 g/mol. The van der Waals surface area contributed by atoms with E-state index in [0.29, 0.717) is 12.0 Å². The fraction of sp³-hybridized carbons (Fsp3) is 0.211. The van der Waals surface area contributed by atoms with Crippen molar-refractivity contribution in [2.75, 3.05) is 0 Å². The number of hydrogen-bond acceptors (Lipinski definition) is 3. The van der Waals surface area contributed by atoms with E-state index < -0.39 is 0 Å². The largest absolute Gasteiger partial charge is 0.352 e. The van der Waals surface area contributed by atoms with Crippen LogP contribution in [-0.4, -0.2) is 15.9 Å². The Morgan fingerprint density at radius 2 is 2.04 bits per heavy atom. The maximum atomic E-state index is 12.0. The Morgan fingerprint density at radius 3 is 2.88 bits per heavy atom. The fourth-order valence-corrected chi connectivity index (χ4v) is 2.61. The molecule has 0 atom stereocenters. The molecule has 2 N–H and O–H groups in total. The Kier molecular flexibility index (Phi) is 5.01. The summed E-state index contributed by atoms with van der Waals surface area (Å²) in [6.07, 6.45) is 5.55. The summed E-state index contributed by atoms with van der Waals surface area (Å²) in [7, 11) is 0. The SMILES string of the molecule is O=C(CCCc1cccnc1)NCc1cc2ccccc2[nH]c1=O. The lowest BCUT2D eigenvalue weighted by molar-refractivity contribution is -0.121. The third-order valence-corrected chi connectivity index (χ3v) is 3.90. The van der Waals surface area contributed by atoms with Crippen molar-refractivity contribution in [2.45, 2.75) is 25.8 Å². The molecule has 5 heteroatoms. The van der Waals surface area contributed by atoms with E-state index in [2.05, 4.69) is 15.3 Å². The van der Waals surface area contributed by atoms with E-state index in [1.54, 1.807) is 6.20 Å². The van der Waals surface area contributed by atoms with Gasteiger partial charge in [-0.2, -0.15) is 0 Å². The van der Waals surface area contributed by atoms with Gasteiger partial charge in [-0.1, -0.05) is 24.3 Å². The summed E-state index contributed by atoms with van der Waals surface area (Å²) in [5, 5.41) is 3.77. The van der Waals surface area contributed by atoms with E-state index in [1.807, 2.05) is 48.7 Å². The molecule has 0 aliphatic heterocycles. The van der Waals surface area contributed by atoms with Crippen LogP contribution in [0.2, 0.25) is 0 Å². The first-order valence-electron chi connectivity index (χ1n) is 7.99. The summed E-state index contributed by atoms with van der Waals surface area (Å²) < 4.78 is 0. The number of carbonyl (C=O) groups excluding carboxylic acids is 1. The van der Waals surface area contributed by atoms with Gasteiger partial charge in [0.1, 0.15) is 0 Å². The predicted molar refractivity (Wildman–Crippen MR) is 93.6 cm³/mol. The highest BCUT2D eigenvalue weighted by molar-refractivity contribution is 5.79. The first-order chi connectivity index (χ1) is 11.7. The number of aryl methyl sites for hydroxylation is 1. The van der Waals surface area contributed by atoms with Crippen LogP contribution in [-0.2, 0) is 17.8 Å². The van der Waals surface area contributed by atoms with Crippen molar-refractivity contribution in [3.63, 3.8) is 0 Å². The van der Waals surface area contributed by atoms with Gasteiger partial charge in [-0.15, -0.1) is 0 Å². The third-order valence-electron chi connectivity index (χ3n) is 3.90. The van der Waals surface area contributed by atoms with E-state index in [4.69, 9.17) is 0 Å². The summed E-state index contributed by atoms with van der Waals surface area (Å²) in [5.41, 5.74) is 2.32. The molecular formula is C19H19N3O2. The van der Waals surface area contributed by atoms with Crippen molar-refractivity contribution in [2.24, 2.45) is 0 Å². The summed E-state index contributed by atoms with van der Waals surface area (Å²) in [6.45, 7) is 0.242. The number of benzene rings is 1. The zero-order chi connectivity index (χ0) is 16.8. The second kappa shape index (κ2) is 7.55. The number of H-pyrrole nitrogens is 1. The van der Waals surface area contributed by atoms with Gasteiger partial charge in [-0.25, -0.2) is 0 Å². The average molecular weight is 321 g/mol. The molecule has 122 valence electrons. The van der Waals surface area contributed by atoms with Crippen molar-refractivity contribution in [1.29, 1.82) is 0 Å². The highest BCUT2D eigenvalue weighted by Crippen LogP contribution is 2.10. The van der Waals surface area contributed by atoms with E-state index >= 15 is 0 Å². The van der Waals surface area contributed by atoms with Crippen molar-refractivity contribution < 1.29 is 4.79 Å². The maximum absolute atomic E-state index is 12.0. The second-order valence-corrected chi connectivity index (χ2v) is 5.70. The Morgan fingerprint density at radius 1 is 1.17 bits per heavy atom. The minimum atomic E-state index is -0.163. The zero-order valence-corrected chi connectivity index (χ0v) is 13.3. The van der Waals surface area contributed by atoms with Crippen molar-refractivity contribution >= 4 is 16.8 Å². The molecule has 0 fully saturated rings. The Labute approximate surface area is 139 Å². The van der Waals surface area contributed by atoms with E-state index in [0.717, 1.165) is 29.3 Å². The number of para-hydroxylation sites is 1. The molecule has 0 bridgehead atoms. The minimum Gasteiger partial charge on any atom is -0.352 e. The summed E-state index contributed by atoms with van der Waals surface area (Å²) in [6, 6.07) is 13.3. The first kappa shape index (κ1) is 15.9. The van der Waals surface area contributed by atoms with Gasteiger partial charge in [0, 0.05) is 36.4 Å². The molecule has 0 saturated carbocycles. The van der Waals surface area contributed by atoms with Crippen LogP contribution in [0.5, 0.6) is 0 Å². The van der Waals surface area contributed by atoms with Crippen LogP contribution in [0.4, 0.5) is 0 Å². The standard InChI is InChI=1S/C19H19N3O2/c23-18(9-3-5-14-6-4-10-20-12-14)21-13-16-11-15-7-1-2-8-17(15)22-19(16)24/h1-2,4,6-8,10-12H,3,5,9,13H2,(H,21,23)(H,22,24). The van der Waals surface area contributed by atoms with Crippen LogP contribution >= 0.6 is 0 Å². The highest BCUT2D eigenvalue weighted by atomic mass is 16.1. The predicted octanol–water partition coefficient (Wildman–Crippen LogP) is 2.56. The van der Waals surface area contributed by atoms with Crippen LogP contribution in [0.3, 0.4) is 0 Å². The number of nitrogens with one attached hydrogen (secondary N) is 2. The number of aromatic nitrogens is 2. The number of hydrogen-bond donors (Lipinski definition) is 2. The summed E-state index contributed by atoms with van der Waals surface area (Å²) in [4.78, 5) is 30.9. The quantitative estimate of drug-likeness (QED) is 0.733. The molecule has 1 amide bonds. The lowest BCUT2D eigenvalue weighted by atomic mass is 10.1. The molecule has 3 rings (SSSR count). The van der Waals surface area contributed by atoms with Crippen LogP contribution in [0.25, 0.3) is 10.9 Å². The molecule has 0 saturated heterocycles. The van der Waals surface area contributed by atoms with Gasteiger partial charge in [0.15, 0.2) is 0 Å². The number of fused-ring (bicyclic) bond motifs is 1. The second-order valence-electron chi connectivity index (χ2n) is 5.70. The highest BCUT2D eigenvalue weighted by Gasteiger charge is 2.06. The molecule has 5 nitrogen and oxygen atoms in total. The van der Waals surface area contributed by atoms with Gasteiger partial charge < -0.3 is 10.3 Å². The molecule has 0 spiro atoms. The minimum absolute atomic E-state index is 0.0496.